The molecule has 1 amide bonds. The number of carbonyl (C=O) groups is 1. The van der Waals surface area contributed by atoms with E-state index in [1.807, 2.05) is 41.8 Å². The normalized spacial score (nSPS) is 12.0. The zero-order chi connectivity index (χ0) is 18.5. The van der Waals surface area contributed by atoms with Gasteiger partial charge in [0.25, 0.3) is 0 Å². The lowest BCUT2D eigenvalue weighted by atomic mass is 10.1. The predicted molar refractivity (Wildman–Crippen MR) is 105 cm³/mol. The molecule has 1 unspecified atom stereocenters. The third-order valence-corrected chi connectivity index (χ3v) is 5.08. The summed E-state index contributed by atoms with van der Waals surface area (Å²) < 4.78 is 1.92. The van der Waals surface area contributed by atoms with Gasteiger partial charge < -0.3 is 5.32 Å². The van der Waals surface area contributed by atoms with Gasteiger partial charge in [-0.25, -0.2) is 0 Å². The molecule has 6 heteroatoms. The van der Waals surface area contributed by atoms with Crippen molar-refractivity contribution in [2.24, 2.45) is 0 Å². The summed E-state index contributed by atoms with van der Waals surface area (Å²) in [7, 11) is 0. The van der Waals surface area contributed by atoms with E-state index >= 15 is 0 Å². The molecule has 0 radical (unpaired) electrons. The Kier molecular flexibility index (Phi) is 5.73. The van der Waals surface area contributed by atoms with Gasteiger partial charge in [0.15, 0.2) is 5.16 Å². The molecule has 0 saturated carbocycles. The average molecular weight is 366 g/mol. The summed E-state index contributed by atoms with van der Waals surface area (Å²) in [4.78, 5) is 12.3. The number of aromatic nitrogens is 3. The minimum atomic E-state index is -0.0264. The second kappa shape index (κ2) is 8.19. The first-order chi connectivity index (χ1) is 12.5. The molecule has 0 bridgehead atoms. The number of hydrogen-bond donors (Lipinski definition) is 1. The Morgan fingerprint density at radius 3 is 2.69 bits per heavy atom. The van der Waals surface area contributed by atoms with Crippen molar-refractivity contribution in [2.45, 2.75) is 32.0 Å². The van der Waals surface area contributed by atoms with Crippen LogP contribution < -0.4 is 5.32 Å². The van der Waals surface area contributed by atoms with Crippen LogP contribution in [-0.2, 0) is 4.79 Å². The molecule has 0 fully saturated rings. The van der Waals surface area contributed by atoms with Crippen LogP contribution in [0.5, 0.6) is 0 Å². The van der Waals surface area contributed by atoms with Crippen LogP contribution in [0.25, 0.3) is 5.69 Å². The van der Waals surface area contributed by atoms with Crippen LogP contribution in [-0.4, -0.2) is 26.4 Å². The molecule has 3 aromatic rings. The maximum Gasteiger partial charge on any atom is 0.230 e. The minimum Gasteiger partial charge on any atom is -0.349 e. The third kappa shape index (κ3) is 4.32. The van der Waals surface area contributed by atoms with Crippen LogP contribution in [0.3, 0.4) is 0 Å². The van der Waals surface area contributed by atoms with E-state index in [1.165, 1.54) is 17.3 Å². The fourth-order valence-corrected chi connectivity index (χ4v) is 3.54. The van der Waals surface area contributed by atoms with Crippen LogP contribution in [0.4, 0.5) is 0 Å². The van der Waals surface area contributed by atoms with Gasteiger partial charge in [0, 0.05) is 0 Å². The first-order valence-electron chi connectivity index (χ1n) is 8.49. The summed E-state index contributed by atoms with van der Waals surface area (Å²) in [5, 5.41) is 11.9. The first kappa shape index (κ1) is 18.2. The SMILES string of the molecule is Cc1ccc(-n2cnnc2SCC(=O)NC(C)c2ccccc2)c(C)c1. The van der Waals surface area contributed by atoms with E-state index < -0.39 is 0 Å². The summed E-state index contributed by atoms with van der Waals surface area (Å²) in [6, 6.07) is 16.1. The zero-order valence-corrected chi connectivity index (χ0v) is 16.0. The van der Waals surface area contributed by atoms with Crippen LogP contribution in [0.15, 0.2) is 60.0 Å². The highest BCUT2D eigenvalue weighted by Gasteiger charge is 2.13. The van der Waals surface area contributed by atoms with Gasteiger partial charge in [-0.2, -0.15) is 0 Å². The van der Waals surface area contributed by atoms with E-state index in [1.54, 1.807) is 6.33 Å². The van der Waals surface area contributed by atoms with E-state index in [0.29, 0.717) is 10.9 Å². The first-order valence-corrected chi connectivity index (χ1v) is 9.48. The largest absolute Gasteiger partial charge is 0.349 e. The number of thioether (sulfide) groups is 1. The van der Waals surface area contributed by atoms with Crippen molar-refractivity contribution in [3.05, 3.63) is 71.5 Å². The van der Waals surface area contributed by atoms with E-state index in [9.17, 15) is 4.79 Å². The quantitative estimate of drug-likeness (QED) is 0.673. The Labute approximate surface area is 157 Å². The van der Waals surface area contributed by atoms with Gasteiger partial charge >= 0.3 is 0 Å². The summed E-state index contributed by atoms with van der Waals surface area (Å²) in [5.41, 5.74) is 4.47. The maximum absolute atomic E-state index is 12.3. The smallest absolute Gasteiger partial charge is 0.230 e. The molecular weight excluding hydrogens is 344 g/mol. The second-order valence-corrected chi connectivity index (χ2v) is 7.20. The van der Waals surface area contributed by atoms with Crippen molar-refractivity contribution in [3.8, 4) is 5.69 Å². The second-order valence-electron chi connectivity index (χ2n) is 6.26. The van der Waals surface area contributed by atoms with E-state index in [0.717, 1.165) is 16.8 Å². The Bertz CT molecular complexity index is 892. The van der Waals surface area contributed by atoms with E-state index in [4.69, 9.17) is 0 Å². The summed E-state index contributed by atoms with van der Waals surface area (Å²) in [6.07, 6.45) is 1.69. The Hall–Kier alpha value is -2.60. The van der Waals surface area contributed by atoms with Crippen LogP contribution >= 0.6 is 11.8 Å². The minimum absolute atomic E-state index is 0.0264. The van der Waals surface area contributed by atoms with Gasteiger partial charge in [0.1, 0.15) is 6.33 Å². The lowest BCUT2D eigenvalue weighted by Gasteiger charge is -2.14. The highest BCUT2D eigenvalue weighted by Crippen LogP contribution is 2.22. The van der Waals surface area contributed by atoms with Crippen LogP contribution in [0, 0.1) is 13.8 Å². The number of aryl methyl sites for hydroxylation is 2. The molecule has 0 aliphatic carbocycles. The van der Waals surface area contributed by atoms with E-state index in [-0.39, 0.29) is 11.9 Å². The van der Waals surface area contributed by atoms with Gasteiger partial charge in [-0.05, 0) is 38.0 Å². The molecule has 0 aliphatic heterocycles. The third-order valence-electron chi connectivity index (χ3n) is 4.14. The van der Waals surface area contributed by atoms with Crippen molar-refractivity contribution in [1.82, 2.24) is 20.1 Å². The van der Waals surface area contributed by atoms with Crippen LogP contribution in [0.1, 0.15) is 29.7 Å². The lowest BCUT2D eigenvalue weighted by Crippen LogP contribution is -2.28. The molecule has 134 valence electrons. The molecular formula is C20H22N4OS. The Morgan fingerprint density at radius 1 is 1.19 bits per heavy atom. The van der Waals surface area contributed by atoms with Crippen molar-refractivity contribution in [1.29, 1.82) is 0 Å². The lowest BCUT2D eigenvalue weighted by molar-refractivity contribution is -0.119. The fraction of sp³-hybridized carbons (Fsp3) is 0.250. The van der Waals surface area contributed by atoms with Gasteiger partial charge in [0.2, 0.25) is 5.91 Å². The maximum atomic E-state index is 12.3. The van der Waals surface area contributed by atoms with Gasteiger partial charge in [-0.3, -0.25) is 9.36 Å². The zero-order valence-electron chi connectivity index (χ0n) is 15.1. The molecule has 1 heterocycles. The number of nitrogens with one attached hydrogen (secondary N) is 1. The fourth-order valence-electron chi connectivity index (χ4n) is 2.80. The number of carbonyl (C=O) groups excluding carboxylic acids is 1. The summed E-state index contributed by atoms with van der Waals surface area (Å²) in [6.45, 7) is 6.11. The van der Waals surface area contributed by atoms with Crippen LogP contribution in [0.2, 0.25) is 0 Å². The predicted octanol–water partition coefficient (Wildman–Crippen LogP) is 3.85. The summed E-state index contributed by atoms with van der Waals surface area (Å²) in [5.74, 6) is 0.266. The van der Waals surface area contributed by atoms with Crippen molar-refractivity contribution >= 4 is 17.7 Å². The Morgan fingerprint density at radius 2 is 1.96 bits per heavy atom. The molecule has 1 N–H and O–H groups in total. The van der Waals surface area contributed by atoms with Gasteiger partial charge in [-0.15, -0.1) is 10.2 Å². The molecule has 1 aromatic heterocycles. The molecule has 0 saturated heterocycles. The molecule has 26 heavy (non-hydrogen) atoms. The van der Waals surface area contributed by atoms with Crippen molar-refractivity contribution in [2.75, 3.05) is 5.75 Å². The number of rotatable bonds is 6. The van der Waals surface area contributed by atoms with Crippen molar-refractivity contribution < 1.29 is 4.79 Å². The monoisotopic (exact) mass is 366 g/mol. The highest BCUT2D eigenvalue weighted by molar-refractivity contribution is 7.99. The molecule has 1 atom stereocenters. The van der Waals surface area contributed by atoms with Gasteiger partial charge in [0.05, 0.1) is 17.5 Å². The molecule has 3 rings (SSSR count). The van der Waals surface area contributed by atoms with E-state index in [2.05, 4.69) is 47.6 Å². The van der Waals surface area contributed by atoms with Gasteiger partial charge in [-0.1, -0.05) is 59.8 Å². The van der Waals surface area contributed by atoms with Crippen molar-refractivity contribution in [3.63, 3.8) is 0 Å². The topological polar surface area (TPSA) is 59.8 Å². The molecule has 0 aliphatic rings. The number of hydrogen-bond acceptors (Lipinski definition) is 4. The Balaban J connectivity index is 1.64. The molecule has 5 nitrogen and oxygen atoms in total. The number of nitrogens with zero attached hydrogens (tertiary/aromatic N) is 3. The number of benzene rings is 2. The molecule has 2 aromatic carbocycles. The number of amides is 1. The molecule has 0 spiro atoms. The summed E-state index contributed by atoms with van der Waals surface area (Å²) >= 11 is 1.38. The average Bonchev–Trinajstić information content (AvgIpc) is 3.09. The highest BCUT2D eigenvalue weighted by atomic mass is 32.2. The standard InChI is InChI=1S/C20H22N4OS/c1-14-9-10-18(15(2)11-14)24-13-21-23-20(24)26-12-19(25)22-16(3)17-7-5-4-6-8-17/h4-11,13,16H,12H2,1-3H3,(H,22,25).